The molecule has 2 rings (SSSR count). The first-order valence-electron chi connectivity index (χ1n) is 4.54. The molecular weight excluding hydrogens is 303 g/mol. The quantitative estimate of drug-likeness (QED) is 0.708. The molecule has 0 saturated heterocycles. The molecule has 72 valence electrons. The van der Waals surface area contributed by atoms with Gasteiger partial charge in [0.2, 0.25) is 0 Å². The van der Waals surface area contributed by atoms with Gasteiger partial charge in [-0.25, -0.2) is 0 Å². The maximum atomic E-state index is 2.29. The van der Waals surface area contributed by atoms with E-state index in [0.717, 1.165) is 6.42 Å². The first-order valence-corrected chi connectivity index (χ1v) is 6.66. The second kappa shape index (κ2) is 4.45. The maximum absolute atomic E-state index is 2.29. The summed E-state index contributed by atoms with van der Waals surface area (Å²) in [5.41, 5.74) is 0.115. The molecule has 1 unspecified atom stereocenters. The van der Waals surface area contributed by atoms with Gasteiger partial charge in [0, 0.05) is 10.3 Å². The molecule has 0 saturated carbocycles. The van der Waals surface area contributed by atoms with Crippen LogP contribution >= 0.6 is 33.9 Å². The highest BCUT2D eigenvalue weighted by Crippen LogP contribution is 2.37. The zero-order chi connectivity index (χ0) is 9.86. The molecule has 1 heterocycles. The Morgan fingerprint density at radius 1 is 1.43 bits per heavy atom. The van der Waals surface area contributed by atoms with Crippen LogP contribution in [0.15, 0.2) is 52.0 Å². The van der Waals surface area contributed by atoms with Gasteiger partial charge in [-0.1, -0.05) is 59.0 Å². The van der Waals surface area contributed by atoms with Crippen molar-refractivity contribution in [2.45, 2.75) is 11.8 Å². The molecule has 1 aromatic heterocycles. The van der Waals surface area contributed by atoms with Crippen LogP contribution in [0, 0.1) is 0 Å². The molecule has 14 heavy (non-hydrogen) atoms. The number of rotatable bonds is 2. The number of hydrogen-bond donors (Lipinski definition) is 0. The molecule has 0 bridgehead atoms. The van der Waals surface area contributed by atoms with Gasteiger partial charge in [0.05, 0.1) is 0 Å². The average Bonchev–Trinajstić information content (AvgIpc) is 2.73. The van der Waals surface area contributed by atoms with E-state index in [1.54, 1.807) is 0 Å². The van der Waals surface area contributed by atoms with Gasteiger partial charge in [0.15, 0.2) is 0 Å². The van der Waals surface area contributed by atoms with Crippen molar-refractivity contribution in [3.8, 4) is 0 Å². The molecule has 0 aliphatic heterocycles. The molecular formula is C12H11IS. The fraction of sp³-hybridized carbons (Fsp3) is 0.167. The first-order chi connectivity index (χ1) is 6.87. The maximum Gasteiger partial charge on any atom is 0.0451 e. The molecule has 0 spiro atoms. The summed E-state index contributed by atoms with van der Waals surface area (Å²) < 4.78 is 2.11. The van der Waals surface area contributed by atoms with E-state index >= 15 is 0 Å². The van der Waals surface area contributed by atoms with E-state index < -0.39 is 0 Å². The fourth-order valence-corrected chi connectivity index (χ4v) is 3.22. The highest BCUT2D eigenvalue weighted by Gasteiger charge is 2.26. The summed E-state index contributed by atoms with van der Waals surface area (Å²) in [5.74, 6) is 0. The van der Waals surface area contributed by atoms with Crippen molar-refractivity contribution in [2.24, 2.45) is 0 Å². The predicted molar refractivity (Wildman–Crippen MR) is 72.1 cm³/mol. The number of thiophene rings is 1. The van der Waals surface area contributed by atoms with E-state index in [4.69, 9.17) is 0 Å². The van der Waals surface area contributed by atoms with Crippen molar-refractivity contribution in [3.63, 3.8) is 0 Å². The van der Waals surface area contributed by atoms with Crippen LogP contribution in [0.5, 0.6) is 0 Å². The third-order valence-electron chi connectivity index (χ3n) is 2.44. The predicted octanol–water partition coefficient (Wildman–Crippen LogP) is 4.45. The topological polar surface area (TPSA) is 0 Å². The zero-order valence-corrected chi connectivity index (χ0v) is 10.7. The van der Waals surface area contributed by atoms with Gasteiger partial charge in [-0.15, -0.1) is 11.3 Å². The van der Waals surface area contributed by atoms with Crippen LogP contribution < -0.4 is 0 Å². The van der Waals surface area contributed by atoms with Crippen LogP contribution in [0.2, 0.25) is 0 Å². The Morgan fingerprint density at radius 2 is 2.36 bits per heavy atom. The summed E-state index contributed by atoms with van der Waals surface area (Å²) in [7, 11) is 0. The van der Waals surface area contributed by atoms with E-state index in [1.807, 2.05) is 11.3 Å². The summed E-state index contributed by atoms with van der Waals surface area (Å²) >= 11 is 4.12. The molecule has 1 aliphatic carbocycles. The van der Waals surface area contributed by atoms with Gasteiger partial charge in [0.1, 0.15) is 0 Å². The van der Waals surface area contributed by atoms with Crippen molar-refractivity contribution >= 4 is 33.9 Å². The standard InChI is InChI=1S/C12H11IS/c13-9-8-12(6-2-1-3-7-12)11-5-4-10-14-11/h1-6,8-10H,7H2. The van der Waals surface area contributed by atoms with Crippen LogP contribution in [0.1, 0.15) is 11.3 Å². The zero-order valence-electron chi connectivity index (χ0n) is 7.69. The van der Waals surface area contributed by atoms with Gasteiger partial charge in [-0.3, -0.25) is 0 Å². The van der Waals surface area contributed by atoms with Crippen LogP contribution in [0.25, 0.3) is 0 Å². The van der Waals surface area contributed by atoms with Crippen LogP contribution in [0.3, 0.4) is 0 Å². The second-order valence-electron chi connectivity index (χ2n) is 3.30. The third-order valence-corrected chi connectivity index (χ3v) is 3.86. The van der Waals surface area contributed by atoms with Crippen LogP contribution in [-0.4, -0.2) is 0 Å². The van der Waals surface area contributed by atoms with E-state index in [2.05, 4.69) is 74.6 Å². The fourth-order valence-electron chi connectivity index (χ4n) is 1.68. The summed E-state index contributed by atoms with van der Waals surface area (Å²) in [6, 6.07) is 4.33. The lowest BCUT2D eigenvalue weighted by Gasteiger charge is -2.26. The Hall–Kier alpha value is -0.350. The number of hydrogen-bond acceptors (Lipinski definition) is 1. The molecule has 1 aromatic rings. The van der Waals surface area contributed by atoms with Gasteiger partial charge >= 0.3 is 0 Å². The lowest BCUT2D eigenvalue weighted by Crippen LogP contribution is -2.19. The monoisotopic (exact) mass is 314 g/mol. The van der Waals surface area contributed by atoms with Crippen molar-refractivity contribution in [2.75, 3.05) is 0 Å². The lowest BCUT2D eigenvalue weighted by atomic mass is 9.80. The first kappa shape index (κ1) is 10.2. The normalized spacial score (nSPS) is 26.1. The van der Waals surface area contributed by atoms with Gasteiger partial charge in [-0.2, -0.15) is 0 Å². The van der Waals surface area contributed by atoms with Crippen LogP contribution in [-0.2, 0) is 5.41 Å². The summed E-state index contributed by atoms with van der Waals surface area (Å²) in [6.45, 7) is 0. The highest BCUT2D eigenvalue weighted by molar-refractivity contribution is 14.1. The molecule has 0 aromatic carbocycles. The lowest BCUT2D eigenvalue weighted by molar-refractivity contribution is 0.692. The molecule has 0 fully saturated rings. The second-order valence-corrected chi connectivity index (χ2v) is 4.97. The Bertz CT molecular complexity index is 373. The van der Waals surface area contributed by atoms with E-state index in [-0.39, 0.29) is 5.41 Å². The Kier molecular flexibility index (Phi) is 3.23. The van der Waals surface area contributed by atoms with Crippen molar-refractivity contribution < 1.29 is 0 Å². The minimum atomic E-state index is 0.115. The Morgan fingerprint density at radius 3 is 2.93 bits per heavy atom. The minimum absolute atomic E-state index is 0.115. The summed E-state index contributed by atoms with van der Waals surface area (Å²) in [4.78, 5) is 1.42. The SMILES string of the molecule is IC=CC1(c2cccs2)C=CC=CC1. The molecule has 2 heteroatoms. The van der Waals surface area contributed by atoms with Crippen molar-refractivity contribution in [1.29, 1.82) is 0 Å². The highest BCUT2D eigenvalue weighted by atomic mass is 127. The van der Waals surface area contributed by atoms with Crippen molar-refractivity contribution in [1.82, 2.24) is 0 Å². The van der Waals surface area contributed by atoms with Crippen LogP contribution in [0.4, 0.5) is 0 Å². The summed E-state index contributed by atoms with van der Waals surface area (Å²) in [5, 5.41) is 2.14. The van der Waals surface area contributed by atoms with Crippen molar-refractivity contribution in [3.05, 3.63) is 56.9 Å². The van der Waals surface area contributed by atoms with Gasteiger partial charge in [-0.05, 0) is 22.0 Å². The van der Waals surface area contributed by atoms with E-state index in [9.17, 15) is 0 Å². The molecule has 0 radical (unpaired) electrons. The van der Waals surface area contributed by atoms with E-state index in [1.165, 1.54) is 4.88 Å². The number of halogens is 1. The molecule has 1 aliphatic rings. The summed E-state index contributed by atoms with van der Waals surface area (Å²) in [6.07, 6.45) is 12.1. The van der Waals surface area contributed by atoms with Gasteiger partial charge < -0.3 is 0 Å². The average molecular weight is 314 g/mol. The molecule has 0 nitrogen and oxygen atoms in total. The molecule has 0 N–H and O–H groups in total. The smallest absolute Gasteiger partial charge is 0.0451 e. The third kappa shape index (κ3) is 1.86. The Labute approximate surface area is 102 Å². The minimum Gasteiger partial charge on any atom is -0.148 e. The largest absolute Gasteiger partial charge is 0.148 e. The van der Waals surface area contributed by atoms with E-state index in [0.29, 0.717) is 0 Å². The molecule has 1 atom stereocenters. The molecule has 0 amide bonds. The Balaban J connectivity index is 2.41. The number of allylic oxidation sites excluding steroid dienone is 5. The van der Waals surface area contributed by atoms with Gasteiger partial charge in [0.25, 0.3) is 0 Å².